The predicted molar refractivity (Wildman–Crippen MR) is 193 cm³/mol. The van der Waals surface area contributed by atoms with Gasteiger partial charge in [0, 0.05) is 12.3 Å². The molecule has 0 bridgehead atoms. The Bertz CT molecular complexity index is 1710. The maximum atomic E-state index is 13.0. The van der Waals surface area contributed by atoms with Crippen molar-refractivity contribution in [2.45, 2.75) is 89.9 Å². The molecule has 2 aromatic rings. The maximum absolute atomic E-state index is 13.0. The Kier molecular flexibility index (Phi) is 13.6. The van der Waals surface area contributed by atoms with Crippen molar-refractivity contribution < 1.29 is 28.7 Å². The van der Waals surface area contributed by atoms with Gasteiger partial charge in [-0.05, 0) is 120 Å². The summed E-state index contributed by atoms with van der Waals surface area (Å²) in [5, 5.41) is 5.88. The summed E-state index contributed by atoms with van der Waals surface area (Å²) >= 11 is 0. The molecule has 0 radical (unpaired) electrons. The zero-order valence-corrected chi connectivity index (χ0v) is 29.2. The van der Waals surface area contributed by atoms with Crippen LogP contribution in [-0.2, 0) is 30.3 Å². The van der Waals surface area contributed by atoms with Gasteiger partial charge in [0.2, 0.25) is 12.2 Å². The fourth-order valence-corrected chi connectivity index (χ4v) is 5.68. The van der Waals surface area contributed by atoms with Gasteiger partial charge in [-0.2, -0.15) is 9.98 Å². The molecule has 0 spiro atoms. The number of hydrogen-bond acceptors (Lipinski definition) is 8. The lowest BCUT2D eigenvalue weighted by atomic mass is 9.89. The first-order valence-electron chi connectivity index (χ1n) is 17.0. The highest BCUT2D eigenvalue weighted by Gasteiger charge is 2.30. The molecule has 2 aromatic carbocycles. The van der Waals surface area contributed by atoms with Gasteiger partial charge in [0.25, 0.3) is 5.91 Å². The number of carbonyl (C=O) groups is 2. The van der Waals surface area contributed by atoms with E-state index in [-0.39, 0.29) is 11.9 Å². The molecule has 0 saturated heterocycles. The van der Waals surface area contributed by atoms with E-state index in [0.29, 0.717) is 55.3 Å². The first-order valence-corrected chi connectivity index (χ1v) is 17.0. The van der Waals surface area contributed by atoms with Crippen LogP contribution in [0.15, 0.2) is 106 Å². The van der Waals surface area contributed by atoms with Gasteiger partial charge in [0.1, 0.15) is 11.2 Å². The highest BCUT2D eigenvalue weighted by molar-refractivity contribution is 5.85. The molecule has 2 N–H and O–H groups in total. The third-order valence-corrected chi connectivity index (χ3v) is 8.61. The van der Waals surface area contributed by atoms with Gasteiger partial charge >= 0.3 is 6.09 Å². The van der Waals surface area contributed by atoms with Crippen LogP contribution in [0.25, 0.3) is 0 Å². The number of carbonyl (C=O) groups excluding carboxylic acids is 4. The van der Waals surface area contributed by atoms with E-state index in [2.05, 4.69) is 38.8 Å². The molecule has 2 aliphatic carbocycles. The molecular formula is C40H46N4O6. The molecule has 0 saturated carbocycles. The van der Waals surface area contributed by atoms with Crippen LogP contribution in [0.3, 0.4) is 0 Å². The quantitative estimate of drug-likeness (QED) is 0.105. The van der Waals surface area contributed by atoms with Crippen molar-refractivity contribution in [1.29, 1.82) is 0 Å². The molecule has 50 heavy (non-hydrogen) atoms. The molecule has 4 rings (SSSR count). The molecule has 10 heteroatoms. The van der Waals surface area contributed by atoms with Crippen LogP contribution in [0.5, 0.6) is 0 Å². The Morgan fingerprint density at radius 2 is 1.56 bits per heavy atom. The topological polar surface area (TPSA) is 136 Å². The van der Waals surface area contributed by atoms with Gasteiger partial charge in [0.05, 0.1) is 17.4 Å². The summed E-state index contributed by atoms with van der Waals surface area (Å²) in [5.74, 6) is 0.184. The Morgan fingerprint density at radius 3 is 2.18 bits per heavy atom. The lowest BCUT2D eigenvalue weighted by Crippen LogP contribution is -2.48. The SMILES string of the molecule is CC(C)(CCCCOC(C)(C)C(=O)NC1C=CC(CC2C=CC(N=C=O)=CC2)=CC1)OC(=O)Nc1ccc(Cc2ccc(N=C=O)cc2)cc1. The summed E-state index contributed by atoms with van der Waals surface area (Å²) in [4.78, 5) is 53.7. The molecule has 262 valence electrons. The van der Waals surface area contributed by atoms with E-state index >= 15 is 0 Å². The summed E-state index contributed by atoms with van der Waals surface area (Å²) in [7, 11) is 0. The summed E-state index contributed by atoms with van der Waals surface area (Å²) in [6, 6.07) is 14.8. The highest BCUT2D eigenvalue weighted by atomic mass is 16.6. The highest BCUT2D eigenvalue weighted by Crippen LogP contribution is 2.27. The number of unbranched alkanes of at least 4 members (excludes halogenated alkanes) is 1. The van der Waals surface area contributed by atoms with Crippen LogP contribution in [0, 0.1) is 5.92 Å². The van der Waals surface area contributed by atoms with E-state index in [9.17, 15) is 19.2 Å². The molecular weight excluding hydrogens is 632 g/mol. The van der Waals surface area contributed by atoms with Crippen molar-refractivity contribution in [3.05, 3.63) is 107 Å². The van der Waals surface area contributed by atoms with Gasteiger partial charge in [-0.25, -0.2) is 14.4 Å². The second-order valence-electron chi connectivity index (χ2n) is 13.7. The van der Waals surface area contributed by atoms with E-state index in [1.165, 1.54) is 11.7 Å². The number of rotatable bonds is 16. The van der Waals surface area contributed by atoms with E-state index in [0.717, 1.165) is 30.4 Å². The predicted octanol–water partition coefficient (Wildman–Crippen LogP) is 8.09. The van der Waals surface area contributed by atoms with Crippen molar-refractivity contribution in [2.75, 3.05) is 11.9 Å². The third-order valence-electron chi connectivity index (χ3n) is 8.61. The Morgan fingerprint density at radius 1 is 0.860 bits per heavy atom. The van der Waals surface area contributed by atoms with Crippen LogP contribution < -0.4 is 10.6 Å². The van der Waals surface area contributed by atoms with E-state index < -0.39 is 17.3 Å². The van der Waals surface area contributed by atoms with Gasteiger partial charge in [-0.15, -0.1) is 0 Å². The Balaban J connectivity index is 1.10. The van der Waals surface area contributed by atoms with Gasteiger partial charge in [0.15, 0.2) is 0 Å². The van der Waals surface area contributed by atoms with E-state index in [1.807, 2.05) is 68.5 Å². The fraction of sp³-hybridized carbons (Fsp3) is 0.400. The van der Waals surface area contributed by atoms with E-state index in [1.54, 1.807) is 32.1 Å². The minimum atomic E-state index is -0.989. The molecule has 2 unspecified atom stereocenters. The normalized spacial score (nSPS) is 17.0. The molecule has 0 aromatic heterocycles. The van der Waals surface area contributed by atoms with Crippen LogP contribution in [0.4, 0.5) is 16.2 Å². The van der Waals surface area contributed by atoms with Gasteiger partial charge in [-0.1, -0.05) is 60.2 Å². The van der Waals surface area contributed by atoms with Crippen molar-refractivity contribution in [2.24, 2.45) is 15.9 Å². The zero-order chi connectivity index (χ0) is 36.0. The van der Waals surface area contributed by atoms with Gasteiger partial charge < -0.3 is 14.8 Å². The van der Waals surface area contributed by atoms with E-state index in [4.69, 9.17) is 9.47 Å². The summed E-state index contributed by atoms with van der Waals surface area (Å²) in [5.41, 5.74) is 3.54. The number of ether oxygens (including phenoxy) is 2. The number of isocyanates is 2. The smallest absolute Gasteiger partial charge is 0.412 e. The second kappa shape index (κ2) is 18.0. The van der Waals surface area contributed by atoms with Crippen LogP contribution >= 0.6 is 0 Å². The van der Waals surface area contributed by atoms with Crippen LogP contribution in [0.2, 0.25) is 0 Å². The number of anilines is 1. The number of amides is 2. The number of allylic oxidation sites excluding steroid dienone is 5. The van der Waals surface area contributed by atoms with Crippen LogP contribution in [0.1, 0.15) is 77.3 Å². The van der Waals surface area contributed by atoms with Gasteiger partial charge in [-0.3, -0.25) is 10.1 Å². The summed E-state index contributed by atoms with van der Waals surface area (Å²) in [6.45, 7) is 7.70. The lowest BCUT2D eigenvalue weighted by molar-refractivity contribution is -0.143. The molecule has 0 heterocycles. The molecule has 10 nitrogen and oxygen atoms in total. The molecule has 2 amide bonds. The largest absolute Gasteiger partial charge is 0.443 e. The number of benzene rings is 2. The molecule has 0 fully saturated rings. The molecule has 2 atom stereocenters. The maximum Gasteiger partial charge on any atom is 0.412 e. The standard InChI is InChI=1S/C40H46N4O6/c1-39(2,50-38(48)44-36-21-13-32(14-22-36)26-30-9-17-34(18-10-30)42-28-46)23-5-6-24-49-40(3,4)37(47)43-35-19-11-31(12-20-35)25-29-7-15-33(16-8-29)41-27-45/h7,9-19,21-22,29,35H,5-6,8,20,23-26H2,1-4H3,(H,43,47)(H,44,48). The van der Waals surface area contributed by atoms with Crippen molar-refractivity contribution in [3.63, 3.8) is 0 Å². The number of hydrogen-bond donors (Lipinski definition) is 2. The summed E-state index contributed by atoms with van der Waals surface area (Å²) < 4.78 is 11.7. The minimum absolute atomic E-state index is 0.0962. The van der Waals surface area contributed by atoms with Crippen molar-refractivity contribution >= 4 is 35.5 Å². The second-order valence-corrected chi connectivity index (χ2v) is 13.7. The average molecular weight is 679 g/mol. The fourth-order valence-electron chi connectivity index (χ4n) is 5.68. The number of nitrogens with zero attached hydrogens (tertiary/aromatic N) is 2. The minimum Gasteiger partial charge on any atom is -0.443 e. The average Bonchev–Trinajstić information content (AvgIpc) is 3.08. The monoisotopic (exact) mass is 678 g/mol. The van der Waals surface area contributed by atoms with Crippen molar-refractivity contribution in [1.82, 2.24) is 5.32 Å². The zero-order valence-electron chi connectivity index (χ0n) is 29.2. The molecule has 0 aliphatic heterocycles. The summed E-state index contributed by atoms with van der Waals surface area (Å²) in [6.07, 6.45) is 19.9. The molecule has 2 aliphatic rings. The Labute approximate surface area is 294 Å². The first kappa shape index (κ1) is 37.7. The van der Waals surface area contributed by atoms with Crippen LogP contribution in [-0.4, -0.2) is 48.0 Å². The lowest BCUT2D eigenvalue weighted by Gasteiger charge is -2.28. The number of nitrogens with one attached hydrogen (secondary N) is 2. The van der Waals surface area contributed by atoms with Crippen molar-refractivity contribution in [3.8, 4) is 0 Å². The number of aliphatic imine (C=N–C) groups is 2. The first-order chi connectivity index (χ1) is 23.9. The Hall–Kier alpha value is -5.14. The third kappa shape index (κ3) is 12.4.